The first kappa shape index (κ1) is 12.1. The molecule has 2 aromatic heterocycles. The molecule has 2 heterocycles. The lowest BCUT2D eigenvalue weighted by atomic mass is 10.2. The van der Waals surface area contributed by atoms with Crippen molar-refractivity contribution in [1.82, 2.24) is 20.2 Å². The van der Waals surface area contributed by atoms with Crippen LogP contribution < -0.4 is 11.3 Å². The highest BCUT2D eigenvalue weighted by Crippen LogP contribution is 2.27. The monoisotopic (exact) mass is 252 g/mol. The fourth-order valence-corrected chi connectivity index (χ4v) is 2.46. The Labute approximate surface area is 104 Å². The van der Waals surface area contributed by atoms with Gasteiger partial charge in [-0.05, 0) is 5.92 Å². The molecule has 0 aromatic carbocycles. The van der Waals surface area contributed by atoms with Crippen LogP contribution in [0, 0.1) is 5.92 Å². The zero-order valence-electron chi connectivity index (χ0n) is 9.90. The number of nitrogens with zero attached hydrogens (tertiary/aromatic N) is 3. The molecule has 17 heavy (non-hydrogen) atoms. The molecule has 0 bridgehead atoms. The van der Waals surface area contributed by atoms with Crippen LogP contribution in [0.5, 0.6) is 0 Å². The maximum absolute atomic E-state index is 5.34. The number of H-pyrrole nitrogens is 1. The second-order valence-electron chi connectivity index (χ2n) is 3.95. The predicted molar refractivity (Wildman–Crippen MR) is 69.7 cm³/mol. The van der Waals surface area contributed by atoms with Crippen molar-refractivity contribution in [3.05, 3.63) is 6.20 Å². The second kappa shape index (κ2) is 5.33. The summed E-state index contributed by atoms with van der Waals surface area (Å²) < 4.78 is 0. The summed E-state index contributed by atoms with van der Waals surface area (Å²) in [6, 6.07) is 0. The lowest BCUT2D eigenvalue weighted by Crippen LogP contribution is -2.11. The lowest BCUT2D eigenvalue weighted by molar-refractivity contribution is 0.636. The molecule has 7 heteroatoms. The molecule has 0 aliphatic carbocycles. The maximum atomic E-state index is 5.34. The Kier molecular flexibility index (Phi) is 3.80. The van der Waals surface area contributed by atoms with Gasteiger partial charge in [-0.2, -0.15) is 10.1 Å². The van der Waals surface area contributed by atoms with E-state index in [1.54, 1.807) is 18.0 Å². The second-order valence-corrected chi connectivity index (χ2v) is 4.96. The highest BCUT2D eigenvalue weighted by Gasteiger charge is 2.10. The number of thioether (sulfide) groups is 1. The number of nitrogens with two attached hydrogens (primary N) is 1. The molecule has 0 aliphatic heterocycles. The quantitative estimate of drug-likeness (QED) is 0.325. The van der Waals surface area contributed by atoms with Crippen LogP contribution in [0.25, 0.3) is 11.0 Å². The van der Waals surface area contributed by atoms with Gasteiger partial charge in [-0.1, -0.05) is 20.3 Å². The fraction of sp³-hybridized carbons (Fsp3) is 0.500. The van der Waals surface area contributed by atoms with Gasteiger partial charge in [0.25, 0.3) is 0 Å². The van der Waals surface area contributed by atoms with Crippen molar-refractivity contribution in [2.24, 2.45) is 11.8 Å². The molecule has 1 atom stereocenters. The van der Waals surface area contributed by atoms with Crippen molar-refractivity contribution in [3.8, 4) is 0 Å². The van der Waals surface area contributed by atoms with E-state index in [0.717, 1.165) is 22.6 Å². The van der Waals surface area contributed by atoms with E-state index in [1.165, 1.54) is 0 Å². The highest BCUT2D eigenvalue weighted by atomic mass is 32.2. The van der Waals surface area contributed by atoms with Crippen LogP contribution in [0.4, 0.5) is 5.95 Å². The van der Waals surface area contributed by atoms with Crippen LogP contribution in [0.3, 0.4) is 0 Å². The third kappa shape index (κ3) is 2.67. The van der Waals surface area contributed by atoms with E-state index < -0.39 is 0 Å². The number of rotatable bonds is 5. The topological polar surface area (TPSA) is 92.5 Å². The molecule has 0 radical (unpaired) electrons. The van der Waals surface area contributed by atoms with Gasteiger partial charge in [0, 0.05) is 5.75 Å². The van der Waals surface area contributed by atoms with Gasteiger partial charge in [-0.3, -0.25) is 10.5 Å². The largest absolute Gasteiger partial charge is 0.292 e. The third-order valence-electron chi connectivity index (χ3n) is 2.61. The average Bonchev–Trinajstić information content (AvgIpc) is 2.83. The number of aromatic nitrogens is 4. The minimum absolute atomic E-state index is 0.411. The number of hydrogen-bond acceptors (Lipinski definition) is 6. The molecule has 0 amide bonds. The molecule has 2 rings (SSSR count). The molecular weight excluding hydrogens is 236 g/mol. The van der Waals surface area contributed by atoms with E-state index in [2.05, 4.69) is 39.4 Å². The Bertz CT molecular complexity index is 497. The van der Waals surface area contributed by atoms with E-state index >= 15 is 0 Å². The van der Waals surface area contributed by atoms with Crippen molar-refractivity contribution < 1.29 is 0 Å². The first-order chi connectivity index (χ1) is 8.24. The van der Waals surface area contributed by atoms with Crippen molar-refractivity contribution >= 4 is 28.7 Å². The molecule has 0 aliphatic rings. The Morgan fingerprint density at radius 2 is 2.35 bits per heavy atom. The molecule has 92 valence electrons. The molecule has 0 fully saturated rings. The summed E-state index contributed by atoms with van der Waals surface area (Å²) in [6.45, 7) is 4.41. The average molecular weight is 252 g/mol. The predicted octanol–water partition coefficient (Wildman–Crippen LogP) is 1.78. The maximum Gasteiger partial charge on any atom is 0.240 e. The van der Waals surface area contributed by atoms with Gasteiger partial charge in [-0.15, -0.1) is 11.8 Å². The number of fused-ring (bicyclic) bond motifs is 1. The van der Waals surface area contributed by atoms with Gasteiger partial charge in [0.1, 0.15) is 5.03 Å². The van der Waals surface area contributed by atoms with E-state index in [1.807, 2.05) is 0 Å². The summed E-state index contributed by atoms with van der Waals surface area (Å²) in [6.07, 6.45) is 2.91. The third-order valence-corrected chi connectivity index (χ3v) is 3.93. The normalized spacial score (nSPS) is 12.9. The molecule has 1 unspecified atom stereocenters. The Hall–Kier alpha value is -1.34. The van der Waals surface area contributed by atoms with Crippen LogP contribution in [0.15, 0.2) is 11.2 Å². The molecule has 6 nitrogen and oxygen atoms in total. The van der Waals surface area contributed by atoms with Gasteiger partial charge in [0.15, 0.2) is 5.65 Å². The summed E-state index contributed by atoms with van der Waals surface area (Å²) in [5.74, 6) is 7.44. The number of anilines is 1. The van der Waals surface area contributed by atoms with Crippen molar-refractivity contribution in [2.45, 2.75) is 25.3 Å². The first-order valence-electron chi connectivity index (χ1n) is 5.55. The Balaban J connectivity index is 2.27. The number of hydrogen-bond donors (Lipinski definition) is 3. The Morgan fingerprint density at radius 3 is 3.06 bits per heavy atom. The summed E-state index contributed by atoms with van der Waals surface area (Å²) in [4.78, 5) is 8.54. The summed E-state index contributed by atoms with van der Waals surface area (Å²) in [7, 11) is 0. The molecule has 0 saturated heterocycles. The number of hydrazine groups is 1. The molecule has 4 N–H and O–H groups in total. The Morgan fingerprint density at radius 1 is 1.53 bits per heavy atom. The SMILES string of the molecule is CCC(C)CSc1nc(NN)nc2[nH]ncc12. The van der Waals surface area contributed by atoms with Gasteiger partial charge in [0.2, 0.25) is 5.95 Å². The zero-order chi connectivity index (χ0) is 12.3. The number of aromatic amines is 1. The van der Waals surface area contributed by atoms with E-state index in [0.29, 0.717) is 17.5 Å². The molecule has 0 saturated carbocycles. The summed E-state index contributed by atoms with van der Waals surface area (Å²) >= 11 is 1.71. The summed E-state index contributed by atoms with van der Waals surface area (Å²) in [5.41, 5.74) is 3.18. The van der Waals surface area contributed by atoms with Crippen molar-refractivity contribution in [1.29, 1.82) is 0 Å². The van der Waals surface area contributed by atoms with E-state index in [-0.39, 0.29) is 0 Å². The van der Waals surface area contributed by atoms with Crippen molar-refractivity contribution in [2.75, 3.05) is 11.2 Å². The van der Waals surface area contributed by atoms with Gasteiger partial charge < -0.3 is 0 Å². The standard InChI is InChI=1S/C10H16N6S/c1-3-6(2)5-17-9-7-4-12-16-8(7)13-10(14-9)15-11/h4,6H,3,5,11H2,1-2H3,(H2,12,13,14,15,16). The highest BCUT2D eigenvalue weighted by molar-refractivity contribution is 7.99. The first-order valence-corrected chi connectivity index (χ1v) is 6.53. The zero-order valence-corrected chi connectivity index (χ0v) is 10.7. The fourth-order valence-electron chi connectivity index (χ4n) is 1.32. The smallest absolute Gasteiger partial charge is 0.240 e. The molecule has 2 aromatic rings. The van der Waals surface area contributed by atoms with E-state index in [9.17, 15) is 0 Å². The summed E-state index contributed by atoms with van der Waals surface area (Å²) in [5, 5.41) is 8.66. The minimum atomic E-state index is 0.411. The van der Waals surface area contributed by atoms with Crippen LogP contribution in [-0.4, -0.2) is 25.9 Å². The van der Waals surface area contributed by atoms with Crippen LogP contribution in [0.2, 0.25) is 0 Å². The van der Waals surface area contributed by atoms with Crippen LogP contribution in [-0.2, 0) is 0 Å². The lowest BCUT2D eigenvalue weighted by Gasteiger charge is -2.08. The number of nitrogen functional groups attached to an aromatic ring is 1. The van der Waals surface area contributed by atoms with Gasteiger partial charge in [0.05, 0.1) is 11.6 Å². The molecule has 0 spiro atoms. The van der Waals surface area contributed by atoms with Crippen molar-refractivity contribution in [3.63, 3.8) is 0 Å². The number of nitrogens with one attached hydrogen (secondary N) is 2. The van der Waals surface area contributed by atoms with E-state index in [4.69, 9.17) is 5.84 Å². The van der Waals surface area contributed by atoms with Crippen LogP contribution in [0.1, 0.15) is 20.3 Å². The van der Waals surface area contributed by atoms with Gasteiger partial charge >= 0.3 is 0 Å². The van der Waals surface area contributed by atoms with Gasteiger partial charge in [-0.25, -0.2) is 10.8 Å². The van der Waals surface area contributed by atoms with Crippen LogP contribution >= 0.6 is 11.8 Å². The minimum Gasteiger partial charge on any atom is -0.292 e. The molecular formula is C10H16N6S.